The van der Waals surface area contributed by atoms with E-state index < -0.39 is 11.7 Å². The molecule has 2 N–H and O–H groups in total. The van der Waals surface area contributed by atoms with E-state index in [1.54, 1.807) is 24.3 Å². The van der Waals surface area contributed by atoms with Crippen molar-refractivity contribution in [2.24, 2.45) is 5.92 Å². The van der Waals surface area contributed by atoms with Crippen LogP contribution in [0.2, 0.25) is 0 Å². The first-order valence-electron chi connectivity index (χ1n) is 10.1. The number of aromatic nitrogens is 1. The lowest BCUT2D eigenvalue weighted by atomic mass is 9.84. The van der Waals surface area contributed by atoms with E-state index in [1.807, 2.05) is 14.0 Å². The van der Waals surface area contributed by atoms with Crippen LogP contribution in [0.5, 0.6) is 0 Å². The number of carbonyl (C=O) groups excluding carboxylic acids is 1. The molecule has 1 aliphatic rings. The lowest BCUT2D eigenvalue weighted by Crippen LogP contribution is -2.39. The summed E-state index contributed by atoms with van der Waals surface area (Å²) < 4.78 is 38.7. The Kier molecular flexibility index (Phi) is 6.97. The number of carbonyl (C=O) groups is 1. The highest BCUT2D eigenvalue weighted by Crippen LogP contribution is 2.37. The molecule has 1 saturated heterocycles. The van der Waals surface area contributed by atoms with E-state index >= 15 is 0 Å². The fraction of sp³-hybridized carbons (Fsp3) is 0.455. The summed E-state index contributed by atoms with van der Waals surface area (Å²) in [6.45, 7) is 3.96. The minimum Gasteiger partial charge on any atom is -0.370 e. The van der Waals surface area contributed by atoms with Crippen molar-refractivity contribution in [3.05, 3.63) is 59.3 Å². The van der Waals surface area contributed by atoms with Gasteiger partial charge in [0.2, 0.25) is 0 Å². The number of pyridine rings is 1. The summed E-state index contributed by atoms with van der Waals surface area (Å²) in [5.41, 5.74) is 0.759. The molecule has 1 fully saturated rings. The maximum Gasteiger partial charge on any atom is 0.416 e. The van der Waals surface area contributed by atoms with Crippen LogP contribution < -0.4 is 10.6 Å². The summed E-state index contributed by atoms with van der Waals surface area (Å²) in [4.78, 5) is 18.3. The van der Waals surface area contributed by atoms with E-state index in [0.29, 0.717) is 24.5 Å². The van der Waals surface area contributed by atoms with Gasteiger partial charge in [0.15, 0.2) is 0 Å². The molecule has 0 spiro atoms. The van der Waals surface area contributed by atoms with Gasteiger partial charge < -0.3 is 10.6 Å². The Morgan fingerprint density at radius 2 is 1.93 bits per heavy atom. The molecule has 0 aliphatic carbocycles. The first-order chi connectivity index (χ1) is 14.3. The molecule has 2 unspecified atom stereocenters. The molecule has 1 aromatic heterocycles. The molecule has 1 aromatic carbocycles. The largest absolute Gasteiger partial charge is 0.416 e. The molecule has 0 radical (unpaired) electrons. The Labute approximate surface area is 174 Å². The molecule has 162 valence electrons. The average Bonchev–Trinajstić information content (AvgIpc) is 2.72. The van der Waals surface area contributed by atoms with Crippen LogP contribution in [-0.2, 0) is 6.18 Å². The first-order valence-corrected chi connectivity index (χ1v) is 10.1. The highest BCUT2D eigenvalue weighted by atomic mass is 19.4. The zero-order valence-corrected chi connectivity index (χ0v) is 17.2. The SMILES string of the molecule is CCNC(=O)c1ccc(NCC2CCCN(C)C2c2ccc(C(F)(F)F)cc2)nc1. The van der Waals surface area contributed by atoms with Crippen LogP contribution in [0, 0.1) is 5.92 Å². The van der Waals surface area contributed by atoms with Gasteiger partial charge in [0, 0.05) is 25.3 Å². The summed E-state index contributed by atoms with van der Waals surface area (Å²) in [6, 6.07) is 9.00. The van der Waals surface area contributed by atoms with Crippen molar-refractivity contribution in [3.8, 4) is 0 Å². The summed E-state index contributed by atoms with van der Waals surface area (Å²) in [5, 5.41) is 6.05. The Balaban J connectivity index is 1.68. The molecule has 1 aliphatic heterocycles. The Bertz CT molecular complexity index is 837. The van der Waals surface area contributed by atoms with Crippen molar-refractivity contribution in [2.45, 2.75) is 32.0 Å². The lowest BCUT2D eigenvalue weighted by molar-refractivity contribution is -0.137. The third-order valence-corrected chi connectivity index (χ3v) is 5.50. The van der Waals surface area contributed by atoms with Gasteiger partial charge in [0.1, 0.15) is 5.82 Å². The number of alkyl halides is 3. The molecule has 2 atom stereocenters. The van der Waals surface area contributed by atoms with Gasteiger partial charge in [-0.2, -0.15) is 13.2 Å². The summed E-state index contributed by atoms with van der Waals surface area (Å²) in [7, 11) is 2.01. The second kappa shape index (κ2) is 9.47. The first kappa shape index (κ1) is 22.1. The van der Waals surface area contributed by atoms with E-state index in [2.05, 4.69) is 20.5 Å². The van der Waals surface area contributed by atoms with Crippen LogP contribution in [0.15, 0.2) is 42.6 Å². The van der Waals surface area contributed by atoms with E-state index in [-0.39, 0.29) is 17.9 Å². The van der Waals surface area contributed by atoms with E-state index in [4.69, 9.17) is 0 Å². The number of hydrogen-bond donors (Lipinski definition) is 2. The number of amides is 1. The third kappa shape index (κ3) is 5.30. The number of halogens is 3. The van der Waals surface area contributed by atoms with Crippen molar-refractivity contribution < 1.29 is 18.0 Å². The number of nitrogens with one attached hydrogen (secondary N) is 2. The van der Waals surface area contributed by atoms with Crippen LogP contribution in [0.4, 0.5) is 19.0 Å². The molecule has 2 aromatic rings. The maximum absolute atomic E-state index is 12.9. The second-order valence-corrected chi connectivity index (χ2v) is 7.62. The minimum atomic E-state index is -4.33. The van der Waals surface area contributed by atoms with Crippen molar-refractivity contribution in [1.82, 2.24) is 15.2 Å². The van der Waals surface area contributed by atoms with Crippen LogP contribution in [-0.4, -0.2) is 42.5 Å². The van der Waals surface area contributed by atoms with Crippen LogP contribution in [0.1, 0.15) is 47.3 Å². The fourth-order valence-corrected chi connectivity index (χ4v) is 4.00. The number of benzene rings is 1. The standard InChI is InChI=1S/C22H27F3N4O/c1-3-26-21(30)17-8-11-19(28-14-17)27-13-16-5-4-12-29(2)20(16)15-6-9-18(10-7-15)22(23,24)25/h6-11,14,16,20H,3-5,12-13H2,1-2H3,(H,26,30)(H,27,28). The smallest absolute Gasteiger partial charge is 0.370 e. The van der Waals surface area contributed by atoms with E-state index in [9.17, 15) is 18.0 Å². The zero-order chi connectivity index (χ0) is 21.7. The number of anilines is 1. The predicted octanol–water partition coefficient (Wildman–Crippen LogP) is 4.35. The summed E-state index contributed by atoms with van der Waals surface area (Å²) >= 11 is 0. The molecule has 1 amide bonds. The molecular weight excluding hydrogens is 393 g/mol. The van der Waals surface area contributed by atoms with Gasteiger partial charge in [-0.15, -0.1) is 0 Å². The van der Waals surface area contributed by atoms with Gasteiger partial charge >= 0.3 is 6.18 Å². The molecule has 3 rings (SSSR count). The van der Waals surface area contributed by atoms with Crippen molar-refractivity contribution in [1.29, 1.82) is 0 Å². The van der Waals surface area contributed by atoms with Gasteiger partial charge in [-0.05, 0) is 69.1 Å². The normalized spacial score (nSPS) is 20.0. The van der Waals surface area contributed by atoms with Gasteiger partial charge in [0.25, 0.3) is 5.91 Å². The third-order valence-electron chi connectivity index (χ3n) is 5.50. The maximum atomic E-state index is 12.9. The summed E-state index contributed by atoms with van der Waals surface area (Å²) in [6.07, 6.45) is -0.791. The molecule has 5 nitrogen and oxygen atoms in total. The zero-order valence-electron chi connectivity index (χ0n) is 17.2. The summed E-state index contributed by atoms with van der Waals surface area (Å²) in [5.74, 6) is 0.737. The molecule has 2 heterocycles. The fourth-order valence-electron chi connectivity index (χ4n) is 4.00. The average molecular weight is 420 g/mol. The lowest BCUT2D eigenvalue weighted by Gasteiger charge is -2.40. The Hall–Kier alpha value is -2.61. The molecule has 0 bridgehead atoms. The predicted molar refractivity (Wildman–Crippen MR) is 110 cm³/mol. The quantitative estimate of drug-likeness (QED) is 0.730. The van der Waals surface area contributed by atoms with Gasteiger partial charge in [-0.25, -0.2) is 4.98 Å². The molecular formula is C22H27F3N4O. The van der Waals surface area contributed by atoms with Crippen LogP contribution in [0.3, 0.4) is 0 Å². The monoisotopic (exact) mass is 420 g/mol. The van der Waals surface area contributed by atoms with E-state index in [0.717, 1.165) is 37.1 Å². The highest BCUT2D eigenvalue weighted by Gasteiger charge is 2.33. The van der Waals surface area contributed by atoms with Crippen molar-refractivity contribution >= 4 is 11.7 Å². The molecule has 0 saturated carbocycles. The number of rotatable bonds is 6. The van der Waals surface area contributed by atoms with Gasteiger partial charge in [-0.3, -0.25) is 9.69 Å². The second-order valence-electron chi connectivity index (χ2n) is 7.62. The highest BCUT2D eigenvalue weighted by molar-refractivity contribution is 5.93. The van der Waals surface area contributed by atoms with Crippen LogP contribution >= 0.6 is 0 Å². The number of likely N-dealkylation sites (tertiary alicyclic amines) is 1. The number of hydrogen-bond acceptors (Lipinski definition) is 4. The number of nitrogens with zero attached hydrogens (tertiary/aromatic N) is 2. The van der Waals surface area contributed by atoms with E-state index in [1.165, 1.54) is 6.20 Å². The van der Waals surface area contributed by atoms with Crippen molar-refractivity contribution in [2.75, 3.05) is 32.0 Å². The Morgan fingerprint density at radius 3 is 2.53 bits per heavy atom. The Morgan fingerprint density at radius 1 is 1.20 bits per heavy atom. The topological polar surface area (TPSA) is 57.3 Å². The molecule has 30 heavy (non-hydrogen) atoms. The number of piperidine rings is 1. The van der Waals surface area contributed by atoms with Crippen LogP contribution in [0.25, 0.3) is 0 Å². The minimum absolute atomic E-state index is 0.0307. The van der Waals surface area contributed by atoms with Gasteiger partial charge in [0.05, 0.1) is 11.1 Å². The van der Waals surface area contributed by atoms with Crippen molar-refractivity contribution in [3.63, 3.8) is 0 Å². The van der Waals surface area contributed by atoms with Gasteiger partial charge in [-0.1, -0.05) is 12.1 Å². The molecule has 8 heteroatoms.